The van der Waals surface area contributed by atoms with Crippen molar-refractivity contribution >= 4 is 87.5 Å². The monoisotopic (exact) mass is 1200 g/mol. The molecule has 3 aliphatic rings. The topological polar surface area (TPSA) is 374 Å². The third kappa shape index (κ3) is 15.6. The van der Waals surface area contributed by atoms with Gasteiger partial charge in [0.2, 0.25) is 29.5 Å². The summed E-state index contributed by atoms with van der Waals surface area (Å²) in [4.78, 5) is 136. The van der Waals surface area contributed by atoms with E-state index in [4.69, 9.17) is 14.8 Å². The number of likely N-dealkylation sites (N-methyl/N-ethyl adjacent to an activating group) is 1. The second-order valence-corrected chi connectivity index (χ2v) is 23.0. The number of benzene rings is 1. The maximum atomic E-state index is 14.9. The maximum absolute atomic E-state index is 14.9. The molecule has 10 N–H and O–H groups in total. The zero-order valence-corrected chi connectivity index (χ0v) is 48.4. The summed E-state index contributed by atoms with van der Waals surface area (Å²) >= 11 is 3.20. The summed E-state index contributed by atoms with van der Waals surface area (Å²) in [6.07, 6.45) is -5.82. The number of thioether (sulfide) groups is 2. The first-order chi connectivity index (χ1) is 39.2. The smallest absolute Gasteiger partial charge is 0.343 e. The van der Waals surface area contributed by atoms with Gasteiger partial charge >= 0.3 is 5.97 Å². The molecule has 0 spiro atoms. The Morgan fingerprint density at radius 2 is 1.45 bits per heavy atom. The van der Waals surface area contributed by atoms with Gasteiger partial charge < -0.3 is 66.1 Å². The molecular formula is C55H71FN8O17S2. The number of rotatable bonds is 30. The van der Waals surface area contributed by atoms with Crippen LogP contribution < -0.4 is 26.8 Å². The minimum atomic E-state index is -2.00. The van der Waals surface area contributed by atoms with Crippen molar-refractivity contribution in [1.29, 1.82) is 0 Å². The number of pyridine rings is 2. The average molecular weight is 1200 g/mol. The Labute approximate surface area is 485 Å². The van der Waals surface area contributed by atoms with Crippen molar-refractivity contribution in [3.63, 3.8) is 0 Å². The summed E-state index contributed by atoms with van der Waals surface area (Å²) in [5, 5.41) is 71.1. The number of amides is 7. The number of halogens is 1. The number of hydrogen-bond donors (Lipinski definition) is 10. The second kappa shape index (κ2) is 28.8. The van der Waals surface area contributed by atoms with E-state index in [1.807, 2.05) is 0 Å². The van der Waals surface area contributed by atoms with Gasteiger partial charge in [-0.25, -0.2) is 14.2 Å². The highest BCUT2D eigenvalue weighted by atomic mass is 32.2. The molecule has 0 fully saturated rings. The zero-order chi connectivity index (χ0) is 61.2. The molecule has 0 aliphatic carbocycles. The fourth-order valence-corrected chi connectivity index (χ4v) is 11.6. The third-order valence-electron chi connectivity index (χ3n) is 14.7. The van der Waals surface area contributed by atoms with Gasteiger partial charge in [-0.15, -0.1) is 0 Å². The zero-order valence-electron chi connectivity index (χ0n) is 46.8. The molecule has 5 heterocycles. The van der Waals surface area contributed by atoms with E-state index in [1.54, 1.807) is 54.1 Å². The van der Waals surface area contributed by atoms with E-state index in [9.17, 15) is 77.9 Å². The van der Waals surface area contributed by atoms with E-state index < -0.39 is 139 Å². The van der Waals surface area contributed by atoms with Crippen molar-refractivity contribution in [2.24, 2.45) is 0 Å². The first kappa shape index (κ1) is 65.5. The SMILES string of the molecule is CC[C@@]1(O)C(=O)OCc2c1cc1n(c2=O)Cc2c-1nc1cc(F)c(C)cc1c2CSCCCSCCC(=O)[C@H](C)NC(=O)[C@H](C)NC(=O)[C@H](C)NC(=O)[C@H](CCC(=O)N(C)C[C@H](O)[C@@H](O)[C@H](O)[C@H](O)CO)NC(=O)CCN1C(=O)C=CC1=O. The summed E-state index contributed by atoms with van der Waals surface area (Å²) in [5.74, 6) is -4.42. The summed E-state index contributed by atoms with van der Waals surface area (Å²) in [6, 6.07) is -0.194. The number of aryl methyl sites for hydroxylation is 1. The lowest BCUT2D eigenvalue weighted by Gasteiger charge is -2.31. The summed E-state index contributed by atoms with van der Waals surface area (Å²) in [5.41, 5.74) is 1.40. The fraction of sp³-hybridized carbons (Fsp3) is 0.545. The van der Waals surface area contributed by atoms with Gasteiger partial charge in [-0.2, -0.15) is 23.5 Å². The highest BCUT2D eigenvalue weighted by Crippen LogP contribution is 2.41. The van der Waals surface area contributed by atoms with Crippen LogP contribution in [-0.2, 0) is 72.4 Å². The van der Waals surface area contributed by atoms with Crippen LogP contribution in [0.5, 0.6) is 0 Å². The molecule has 0 bridgehead atoms. The van der Waals surface area contributed by atoms with E-state index in [-0.39, 0.29) is 55.9 Å². The van der Waals surface area contributed by atoms with E-state index in [2.05, 4.69) is 21.3 Å². The van der Waals surface area contributed by atoms with Crippen molar-refractivity contribution < 1.29 is 82.9 Å². The van der Waals surface area contributed by atoms with Gasteiger partial charge in [0.25, 0.3) is 17.4 Å². The molecule has 0 saturated carbocycles. The Bertz CT molecular complexity index is 3090. The second-order valence-electron chi connectivity index (χ2n) is 20.7. The van der Waals surface area contributed by atoms with Crippen molar-refractivity contribution in [3.05, 3.63) is 74.3 Å². The molecule has 6 rings (SSSR count). The lowest BCUT2D eigenvalue weighted by atomic mass is 9.86. The van der Waals surface area contributed by atoms with Gasteiger partial charge in [0.1, 0.15) is 55.0 Å². The lowest BCUT2D eigenvalue weighted by molar-refractivity contribution is -0.172. The number of ether oxygens (including phenoxy) is 1. The number of Topliss-reactive ketones (excluding diaryl/α,β-unsaturated/α-hetero) is 1. The molecule has 3 aromatic rings. The third-order valence-corrected chi connectivity index (χ3v) is 16.9. The molecule has 452 valence electrons. The average Bonchev–Trinajstić information content (AvgIpc) is 2.00. The van der Waals surface area contributed by atoms with Crippen LogP contribution in [0.3, 0.4) is 0 Å². The predicted molar refractivity (Wildman–Crippen MR) is 300 cm³/mol. The highest BCUT2D eigenvalue weighted by molar-refractivity contribution is 7.99. The Balaban J connectivity index is 0.949. The summed E-state index contributed by atoms with van der Waals surface area (Å²) in [7, 11) is 1.23. The van der Waals surface area contributed by atoms with Crippen LogP contribution in [0.1, 0.15) is 94.0 Å². The molecule has 28 heteroatoms. The molecule has 1 aromatic carbocycles. The van der Waals surface area contributed by atoms with Gasteiger partial charge in [-0.3, -0.25) is 48.1 Å². The molecular weight excluding hydrogens is 1130 g/mol. The van der Waals surface area contributed by atoms with E-state index >= 15 is 0 Å². The van der Waals surface area contributed by atoms with Gasteiger partial charge in [-0.05, 0) is 81.7 Å². The molecule has 0 unspecified atom stereocenters. The summed E-state index contributed by atoms with van der Waals surface area (Å²) < 4.78 is 21.7. The van der Waals surface area contributed by atoms with Crippen molar-refractivity contribution in [3.8, 4) is 11.4 Å². The number of carbonyl (C=O) groups is 9. The fourth-order valence-electron chi connectivity index (χ4n) is 9.50. The maximum Gasteiger partial charge on any atom is 0.343 e. The van der Waals surface area contributed by atoms with Crippen LogP contribution in [0.15, 0.2) is 35.1 Å². The number of nitrogens with zero attached hydrogens (tertiary/aromatic N) is 4. The molecule has 0 saturated heterocycles. The first-order valence-corrected chi connectivity index (χ1v) is 29.3. The Morgan fingerprint density at radius 3 is 2.10 bits per heavy atom. The number of fused-ring (bicyclic) bond motifs is 5. The van der Waals surface area contributed by atoms with Crippen LogP contribution >= 0.6 is 23.5 Å². The van der Waals surface area contributed by atoms with Gasteiger partial charge in [0.05, 0.1) is 41.7 Å². The van der Waals surface area contributed by atoms with Crippen LogP contribution in [-0.4, -0.2) is 196 Å². The van der Waals surface area contributed by atoms with E-state index in [1.165, 1.54) is 33.9 Å². The number of carbonyl (C=O) groups excluding carboxylic acids is 9. The number of hydrogen-bond acceptors (Lipinski definition) is 20. The number of esters is 1. The van der Waals surface area contributed by atoms with Gasteiger partial charge in [-0.1, -0.05) is 6.92 Å². The standard InChI is InChI=1S/C55H71FN8O17S2/c1-7-55(80)35-20-39-47-32(22-64(39)53(78)33(35)25-81-54(55)79)34(31-19-27(2)36(56)21-38(31)61-47)26-83-17-8-16-82-18-14-40(66)28(3)57-50(75)29(4)58-51(76)30(5)59-52(77)37(60-43(69)13-15-63-45(71)11-12-46(63)72)9-10-44(70)62(6)23-41(67)48(73)49(74)42(68)24-65/h11-12,19-21,28-30,37,41-42,48-49,65,67-68,73-74,80H,7-10,13-18,22-26H2,1-6H3,(H,57,75)(H,58,76)(H,59,77)(H,60,69)/t28-,29-,30-,37-,41-,42+,48+,49+,55-/m0/s1. The predicted octanol–water partition coefficient (Wildman–Crippen LogP) is -1.17. The van der Waals surface area contributed by atoms with E-state index in [0.717, 1.165) is 50.6 Å². The number of aliphatic hydroxyl groups excluding tert-OH is 5. The van der Waals surface area contributed by atoms with Crippen molar-refractivity contribution in [2.75, 3.05) is 44.0 Å². The molecule has 25 nitrogen and oxygen atoms in total. The van der Waals surface area contributed by atoms with Crippen molar-refractivity contribution in [1.82, 2.24) is 40.6 Å². The number of nitrogens with one attached hydrogen (secondary N) is 4. The highest BCUT2D eigenvalue weighted by Gasteiger charge is 2.46. The van der Waals surface area contributed by atoms with E-state index in [0.29, 0.717) is 39.7 Å². The van der Waals surface area contributed by atoms with Crippen LogP contribution in [0.4, 0.5) is 4.39 Å². The van der Waals surface area contributed by atoms with Crippen molar-refractivity contribution in [2.45, 2.75) is 146 Å². The molecule has 83 heavy (non-hydrogen) atoms. The van der Waals surface area contributed by atoms with Gasteiger partial charge in [0.15, 0.2) is 11.4 Å². The number of aromatic nitrogens is 2. The molecule has 9 atom stereocenters. The Kier molecular flexibility index (Phi) is 22.7. The van der Waals surface area contributed by atoms with Crippen LogP contribution in [0.2, 0.25) is 0 Å². The minimum Gasteiger partial charge on any atom is -0.458 e. The quantitative estimate of drug-likeness (QED) is 0.0167. The lowest BCUT2D eigenvalue weighted by Crippen LogP contribution is -2.56. The minimum absolute atomic E-state index is 0.0112. The van der Waals surface area contributed by atoms with Gasteiger partial charge in [0, 0.05) is 85.6 Å². The number of cyclic esters (lactones) is 1. The Morgan fingerprint density at radius 1 is 0.819 bits per heavy atom. The number of aliphatic hydroxyl groups is 6. The normalized spacial score (nSPS) is 18.2. The largest absolute Gasteiger partial charge is 0.458 e. The first-order valence-electron chi connectivity index (χ1n) is 27.0. The molecule has 3 aliphatic heterocycles. The van der Waals surface area contributed by atoms with Crippen LogP contribution in [0.25, 0.3) is 22.3 Å². The Hall–Kier alpha value is -6.66. The molecule has 7 amide bonds. The molecule has 2 aromatic heterocycles. The number of imide groups is 1. The summed E-state index contributed by atoms with van der Waals surface area (Å²) in [6.45, 7) is 5.55. The number of ketones is 1. The van der Waals surface area contributed by atoms with Crippen LogP contribution in [0, 0.1) is 12.7 Å². The molecule has 0 radical (unpaired) electrons.